The lowest BCUT2D eigenvalue weighted by molar-refractivity contribution is -0.140. The van der Waals surface area contributed by atoms with Crippen LogP contribution in [-0.2, 0) is 20.9 Å². The van der Waals surface area contributed by atoms with Gasteiger partial charge in [-0.15, -0.1) is 0 Å². The number of carboxylic acids is 1. The fraction of sp³-hybridized carbons (Fsp3) is 0.154. The van der Waals surface area contributed by atoms with Gasteiger partial charge in [-0.05, 0) is 47.2 Å². The lowest BCUT2D eigenvalue weighted by Crippen LogP contribution is -2.41. The predicted octanol–water partition coefficient (Wildman–Crippen LogP) is 4.81. The van der Waals surface area contributed by atoms with Gasteiger partial charge in [-0.3, -0.25) is 4.79 Å². The molecular weight excluding hydrogens is 508 g/mol. The van der Waals surface area contributed by atoms with Crippen LogP contribution in [0, 0.1) is 11.6 Å². The van der Waals surface area contributed by atoms with E-state index in [0.29, 0.717) is 23.4 Å². The molecule has 0 aromatic heterocycles. The normalized spacial score (nSPS) is 11.3. The first-order valence-electron chi connectivity index (χ1n) is 10.8. The molecule has 11 heteroatoms. The fourth-order valence-corrected chi connectivity index (χ4v) is 3.84. The van der Waals surface area contributed by atoms with Crippen LogP contribution in [0.3, 0.4) is 0 Å². The Balaban J connectivity index is 1.84. The van der Waals surface area contributed by atoms with Gasteiger partial charge in [-0.2, -0.15) is 0 Å². The minimum absolute atomic E-state index is 0.00497. The highest BCUT2D eigenvalue weighted by molar-refractivity contribution is 8.13. The Morgan fingerprint density at radius 3 is 2.38 bits per heavy atom. The average Bonchev–Trinajstić information content (AvgIpc) is 2.85. The van der Waals surface area contributed by atoms with Crippen LogP contribution in [0.2, 0.25) is 0 Å². The van der Waals surface area contributed by atoms with Gasteiger partial charge >= 0.3 is 17.2 Å². The maximum absolute atomic E-state index is 14.4. The Hall–Kier alpha value is -4.25. The second-order valence-corrected chi connectivity index (χ2v) is 8.61. The number of hydrogen-bond donors (Lipinski definition) is 2. The molecule has 8 nitrogen and oxygen atoms in total. The second-order valence-electron chi connectivity index (χ2n) is 7.65. The molecule has 0 saturated heterocycles. The molecule has 0 spiro atoms. The van der Waals surface area contributed by atoms with Crippen LogP contribution in [0.1, 0.15) is 22.8 Å². The standard InChI is InChI=1S/C26H21F2NO7S/c1-15(30)29-22(24(31)32)14-37-26(34)36-23-10-7-17(19-9-8-18(27)12-21(19)28)11-20(23)25(33)35-13-16-5-3-2-4-6-16/h2-12,22H,13-14H2,1H3,(H,29,30)(H,31,32)/t22-/m1/s1. The summed E-state index contributed by atoms with van der Waals surface area (Å²) >= 11 is 0.474. The van der Waals surface area contributed by atoms with E-state index in [9.17, 15) is 33.1 Å². The number of ether oxygens (including phenoxy) is 2. The van der Waals surface area contributed by atoms with Crippen molar-refractivity contribution in [2.24, 2.45) is 0 Å². The molecule has 1 amide bonds. The molecule has 0 aliphatic rings. The van der Waals surface area contributed by atoms with E-state index in [0.717, 1.165) is 13.0 Å². The zero-order valence-corrected chi connectivity index (χ0v) is 20.2. The Kier molecular flexibility index (Phi) is 9.33. The first kappa shape index (κ1) is 27.3. The molecule has 1 atom stereocenters. The van der Waals surface area contributed by atoms with Gasteiger partial charge < -0.3 is 19.9 Å². The van der Waals surface area contributed by atoms with Gasteiger partial charge in [0.2, 0.25) is 5.91 Å². The minimum atomic E-state index is -1.34. The molecule has 0 heterocycles. The number of amides is 1. The smallest absolute Gasteiger partial charge is 0.372 e. The number of esters is 1. The zero-order chi connectivity index (χ0) is 26.9. The number of halogens is 2. The maximum Gasteiger partial charge on any atom is 0.372 e. The number of rotatable bonds is 9. The van der Waals surface area contributed by atoms with Crippen LogP contribution >= 0.6 is 11.8 Å². The molecule has 0 aliphatic carbocycles. The van der Waals surface area contributed by atoms with Crippen molar-refractivity contribution >= 4 is 34.9 Å². The third-order valence-corrected chi connectivity index (χ3v) is 5.71. The molecule has 0 radical (unpaired) electrons. The van der Waals surface area contributed by atoms with Crippen LogP contribution in [0.4, 0.5) is 13.6 Å². The molecule has 3 aromatic carbocycles. The first-order chi connectivity index (χ1) is 17.6. The number of hydrogen-bond acceptors (Lipinski definition) is 7. The number of carbonyl (C=O) groups is 4. The van der Waals surface area contributed by atoms with Gasteiger partial charge in [0.25, 0.3) is 0 Å². The van der Waals surface area contributed by atoms with E-state index in [2.05, 4.69) is 5.32 Å². The van der Waals surface area contributed by atoms with Gasteiger partial charge in [-0.25, -0.2) is 23.2 Å². The number of aliphatic carboxylic acids is 1. The fourth-order valence-electron chi connectivity index (χ4n) is 3.16. The Labute approximate surface area is 214 Å². The molecule has 192 valence electrons. The van der Waals surface area contributed by atoms with E-state index in [1.807, 2.05) is 0 Å². The largest absolute Gasteiger partial charge is 0.480 e. The minimum Gasteiger partial charge on any atom is -0.480 e. The van der Waals surface area contributed by atoms with Crippen molar-refractivity contribution in [2.75, 3.05) is 5.75 Å². The number of benzene rings is 3. The highest BCUT2D eigenvalue weighted by Gasteiger charge is 2.23. The Morgan fingerprint density at radius 1 is 1.00 bits per heavy atom. The van der Waals surface area contributed by atoms with Crippen molar-refractivity contribution in [2.45, 2.75) is 19.6 Å². The number of thioether (sulfide) groups is 1. The quantitative estimate of drug-likeness (QED) is 0.379. The SMILES string of the molecule is CC(=O)N[C@H](CSC(=O)Oc1ccc(-c2ccc(F)cc2F)cc1C(=O)OCc1ccccc1)C(=O)O. The number of carbonyl (C=O) groups excluding carboxylic acids is 3. The Bertz CT molecular complexity index is 1320. The summed E-state index contributed by atoms with van der Waals surface area (Å²) in [7, 11) is 0. The van der Waals surface area contributed by atoms with E-state index in [4.69, 9.17) is 9.47 Å². The molecule has 0 fully saturated rings. The monoisotopic (exact) mass is 529 g/mol. The van der Waals surface area contributed by atoms with E-state index in [1.54, 1.807) is 30.3 Å². The van der Waals surface area contributed by atoms with Crippen LogP contribution in [0.5, 0.6) is 5.75 Å². The van der Waals surface area contributed by atoms with E-state index in [1.165, 1.54) is 24.3 Å². The molecule has 0 aliphatic heterocycles. The second kappa shape index (κ2) is 12.6. The average molecular weight is 530 g/mol. The van der Waals surface area contributed by atoms with Gasteiger partial charge in [0.05, 0.1) is 0 Å². The number of nitrogens with one attached hydrogen (secondary N) is 1. The molecule has 0 bridgehead atoms. The van der Waals surface area contributed by atoms with Gasteiger partial charge in [-0.1, -0.05) is 36.4 Å². The molecule has 0 unspecified atom stereocenters. The maximum atomic E-state index is 14.4. The topological polar surface area (TPSA) is 119 Å². The molecule has 37 heavy (non-hydrogen) atoms. The van der Waals surface area contributed by atoms with Crippen molar-refractivity contribution in [3.05, 3.63) is 89.5 Å². The summed E-state index contributed by atoms with van der Waals surface area (Å²) in [6.45, 7) is 1.05. The summed E-state index contributed by atoms with van der Waals surface area (Å²) < 4.78 is 38.3. The third kappa shape index (κ3) is 7.87. The summed E-state index contributed by atoms with van der Waals surface area (Å²) in [6.07, 6.45) is 0. The predicted molar refractivity (Wildman–Crippen MR) is 131 cm³/mol. The van der Waals surface area contributed by atoms with Crippen molar-refractivity contribution in [1.29, 1.82) is 0 Å². The van der Waals surface area contributed by atoms with Crippen LogP contribution in [0.25, 0.3) is 11.1 Å². The summed E-state index contributed by atoms with van der Waals surface area (Å²) in [6, 6.07) is 14.3. The lowest BCUT2D eigenvalue weighted by Gasteiger charge is -2.14. The lowest BCUT2D eigenvalue weighted by atomic mass is 10.0. The van der Waals surface area contributed by atoms with Crippen molar-refractivity contribution in [3.8, 4) is 16.9 Å². The Morgan fingerprint density at radius 2 is 1.73 bits per heavy atom. The van der Waals surface area contributed by atoms with E-state index < -0.39 is 40.8 Å². The van der Waals surface area contributed by atoms with Crippen LogP contribution < -0.4 is 10.1 Å². The highest BCUT2D eigenvalue weighted by Crippen LogP contribution is 2.30. The van der Waals surface area contributed by atoms with Crippen molar-refractivity contribution < 1.29 is 42.5 Å². The van der Waals surface area contributed by atoms with Gasteiger partial charge in [0, 0.05) is 24.3 Å². The highest BCUT2D eigenvalue weighted by atomic mass is 32.2. The molecule has 3 aromatic rings. The van der Waals surface area contributed by atoms with E-state index in [-0.39, 0.29) is 34.8 Å². The molecular formula is C26H21F2NO7S. The summed E-state index contributed by atoms with van der Waals surface area (Å²) in [5.74, 6) is -4.98. The molecule has 0 saturated carbocycles. The summed E-state index contributed by atoms with van der Waals surface area (Å²) in [5, 5.41) is 10.4. The molecule has 2 N–H and O–H groups in total. The zero-order valence-electron chi connectivity index (χ0n) is 19.4. The van der Waals surface area contributed by atoms with Crippen LogP contribution in [0.15, 0.2) is 66.7 Å². The van der Waals surface area contributed by atoms with E-state index >= 15 is 0 Å². The summed E-state index contributed by atoms with van der Waals surface area (Å²) in [4.78, 5) is 47.8. The summed E-state index contributed by atoms with van der Waals surface area (Å²) in [5.41, 5.74) is 0.699. The first-order valence-corrected chi connectivity index (χ1v) is 11.8. The molecule has 3 rings (SSSR count). The van der Waals surface area contributed by atoms with Crippen molar-refractivity contribution in [1.82, 2.24) is 5.32 Å². The van der Waals surface area contributed by atoms with Gasteiger partial charge in [0.15, 0.2) is 0 Å². The van der Waals surface area contributed by atoms with Gasteiger partial charge in [0.1, 0.15) is 35.6 Å². The number of carboxylic acid groups (broad SMARTS) is 1. The van der Waals surface area contributed by atoms with Crippen molar-refractivity contribution in [3.63, 3.8) is 0 Å². The van der Waals surface area contributed by atoms with Crippen LogP contribution in [-0.4, -0.2) is 40.0 Å². The third-order valence-electron chi connectivity index (χ3n) is 4.89.